The van der Waals surface area contributed by atoms with Crippen LogP contribution in [0.1, 0.15) is 34.0 Å². The van der Waals surface area contributed by atoms with Gasteiger partial charge in [-0.1, -0.05) is 31.2 Å². The Hall–Kier alpha value is -4.64. The summed E-state index contributed by atoms with van der Waals surface area (Å²) in [7, 11) is 1.77. The minimum atomic E-state index is -1.18. The number of benzene rings is 2. The second kappa shape index (κ2) is 10.7. The number of hydrogen-bond donors (Lipinski definition) is 6. The van der Waals surface area contributed by atoms with Crippen LogP contribution < -0.4 is 28.1 Å². The average Bonchev–Trinajstić information content (AvgIpc) is 2.81. The van der Waals surface area contributed by atoms with Gasteiger partial charge in [-0.05, 0) is 23.8 Å². The predicted molar refractivity (Wildman–Crippen MR) is 139 cm³/mol. The number of rotatable bonds is 10. The van der Waals surface area contributed by atoms with Crippen molar-refractivity contribution in [2.45, 2.75) is 19.9 Å². The summed E-state index contributed by atoms with van der Waals surface area (Å²) in [5.74, 6) is -1.96. The van der Waals surface area contributed by atoms with Gasteiger partial charge in [-0.25, -0.2) is 9.80 Å². The molecule has 9 N–H and O–H groups in total. The first-order valence-electron chi connectivity index (χ1n) is 11.1. The van der Waals surface area contributed by atoms with E-state index in [1.165, 1.54) is 12.1 Å². The van der Waals surface area contributed by atoms with Crippen molar-refractivity contribution in [2.24, 2.45) is 11.5 Å². The lowest BCUT2D eigenvalue weighted by atomic mass is 9.98. The summed E-state index contributed by atoms with van der Waals surface area (Å²) < 4.78 is 1.74. The summed E-state index contributed by atoms with van der Waals surface area (Å²) in [5.41, 5.74) is 22.2. The summed E-state index contributed by atoms with van der Waals surface area (Å²) in [4.78, 5) is 37.2. The maximum atomic E-state index is 13.5. The Morgan fingerprint density at radius 2 is 1.78 bits per heavy atom. The Morgan fingerprint density at radius 3 is 2.33 bits per heavy atom. The first-order valence-corrected chi connectivity index (χ1v) is 11.1. The van der Waals surface area contributed by atoms with Crippen molar-refractivity contribution < 1.29 is 14.7 Å². The Balaban J connectivity index is 2.32. The van der Waals surface area contributed by atoms with E-state index in [-0.39, 0.29) is 41.3 Å². The van der Waals surface area contributed by atoms with E-state index < -0.39 is 17.3 Å². The fourth-order valence-electron chi connectivity index (χ4n) is 3.79. The molecule has 0 radical (unpaired) electrons. The van der Waals surface area contributed by atoms with Gasteiger partial charge < -0.3 is 32.3 Å². The van der Waals surface area contributed by atoms with Crippen molar-refractivity contribution in [1.82, 2.24) is 9.58 Å². The van der Waals surface area contributed by atoms with Gasteiger partial charge in [0.25, 0.3) is 0 Å². The quantitative estimate of drug-likeness (QED) is 0.106. The first-order chi connectivity index (χ1) is 17.0. The molecule has 0 aliphatic heterocycles. The van der Waals surface area contributed by atoms with Crippen LogP contribution in [0.4, 0.5) is 11.4 Å². The number of pyridine rings is 1. The number of anilines is 2. The van der Waals surface area contributed by atoms with E-state index in [9.17, 15) is 19.5 Å². The zero-order chi connectivity index (χ0) is 26.6. The maximum absolute atomic E-state index is 13.5. The number of aromatic carboxylic acids is 1. The SMILES string of the molecule is CCN(C)Nc1cn(Cc2ccc(C(=N)N)cc2)c(-c2cc(N)cc(C(=O)O)c2)c(CC(N)=O)c1=O. The molecule has 0 saturated carbocycles. The molecule has 3 rings (SSSR count). The normalized spacial score (nSPS) is 10.9. The van der Waals surface area contributed by atoms with Gasteiger partial charge >= 0.3 is 5.97 Å². The number of carbonyl (C=O) groups is 2. The van der Waals surface area contributed by atoms with Crippen LogP contribution in [0.5, 0.6) is 0 Å². The minimum Gasteiger partial charge on any atom is -0.478 e. The van der Waals surface area contributed by atoms with E-state index in [1.807, 2.05) is 6.92 Å². The van der Waals surface area contributed by atoms with Gasteiger partial charge in [0.15, 0.2) is 0 Å². The Morgan fingerprint density at radius 1 is 1.11 bits per heavy atom. The highest BCUT2D eigenvalue weighted by atomic mass is 16.4. The van der Waals surface area contributed by atoms with Crippen molar-refractivity contribution >= 4 is 29.1 Å². The number of primary amides is 1. The standard InChI is InChI=1S/C25H29N7O4/c1-3-31(2)30-20-13-32(12-14-4-6-15(7-5-14)24(28)29)22(19(23(20)34)11-21(27)33)16-8-17(25(35)36)10-18(26)9-16/h4-10,13,30H,3,11-12,26H2,1-2H3,(H2,27,33)(H3,28,29)(H,35,36). The number of nitrogens with one attached hydrogen (secondary N) is 2. The summed E-state index contributed by atoms with van der Waals surface area (Å²) in [6.07, 6.45) is 1.25. The average molecular weight is 492 g/mol. The second-order valence-electron chi connectivity index (χ2n) is 8.36. The number of carbonyl (C=O) groups excluding carboxylic acids is 1. The number of aromatic nitrogens is 1. The van der Waals surface area contributed by atoms with Crippen molar-refractivity contribution in [1.29, 1.82) is 5.41 Å². The third-order valence-corrected chi connectivity index (χ3v) is 5.61. The van der Waals surface area contributed by atoms with Crippen LogP contribution in [0.3, 0.4) is 0 Å². The molecule has 0 aliphatic rings. The number of hydrazine groups is 1. The van der Waals surface area contributed by atoms with Gasteiger partial charge in [-0.15, -0.1) is 0 Å². The minimum absolute atomic E-state index is 0.0623. The lowest BCUT2D eigenvalue weighted by molar-refractivity contribution is -0.117. The molecule has 0 aliphatic carbocycles. The van der Waals surface area contributed by atoms with Gasteiger partial charge in [0.2, 0.25) is 11.3 Å². The lowest BCUT2D eigenvalue weighted by Crippen LogP contribution is -2.31. The number of carboxylic acids is 1. The topological polar surface area (TPSA) is 194 Å². The summed E-state index contributed by atoms with van der Waals surface area (Å²) in [5, 5.41) is 18.9. The van der Waals surface area contributed by atoms with Crippen molar-refractivity contribution in [3.05, 3.63) is 81.1 Å². The van der Waals surface area contributed by atoms with Crippen LogP contribution in [0.2, 0.25) is 0 Å². The molecule has 0 saturated heterocycles. The largest absolute Gasteiger partial charge is 0.478 e. The zero-order valence-electron chi connectivity index (χ0n) is 20.0. The van der Waals surface area contributed by atoms with Crippen molar-refractivity contribution in [3.63, 3.8) is 0 Å². The lowest BCUT2D eigenvalue weighted by Gasteiger charge is -2.23. The molecular formula is C25H29N7O4. The molecule has 0 unspecified atom stereocenters. The number of nitrogen functional groups attached to an aromatic ring is 2. The molecule has 0 bridgehead atoms. The van der Waals surface area contributed by atoms with Crippen LogP contribution in [0, 0.1) is 5.41 Å². The molecule has 0 spiro atoms. The molecule has 188 valence electrons. The highest BCUT2D eigenvalue weighted by Crippen LogP contribution is 2.28. The van der Waals surface area contributed by atoms with E-state index >= 15 is 0 Å². The molecule has 1 amide bonds. The third kappa shape index (κ3) is 5.88. The van der Waals surface area contributed by atoms with E-state index in [0.29, 0.717) is 23.4 Å². The summed E-state index contributed by atoms with van der Waals surface area (Å²) >= 11 is 0. The second-order valence-corrected chi connectivity index (χ2v) is 8.36. The molecule has 0 atom stereocenters. The van der Waals surface area contributed by atoms with E-state index in [2.05, 4.69) is 5.43 Å². The molecule has 2 aromatic carbocycles. The maximum Gasteiger partial charge on any atom is 0.335 e. The number of amides is 1. The fraction of sp³-hybridized carbons (Fsp3) is 0.200. The molecule has 0 fully saturated rings. The number of amidine groups is 1. The molecule has 11 nitrogen and oxygen atoms in total. The zero-order valence-corrected chi connectivity index (χ0v) is 20.0. The van der Waals surface area contributed by atoms with Crippen LogP contribution in [0.15, 0.2) is 53.5 Å². The summed E-state index contributed by atoms with van der Waals surface area (Å²) in [6, 6.07) is 11.3. The number of nitrogens with two attached hydrogens (primary N) is 3. The fourth-order valence-corrected chi connectivity index (χ4v) is 3.79. The predicted octanol–water partition coefficient (Wildman–Crippen LogP) is 1.43. The first kappa shape index (κ1) is 26.0. The third-order valence-electron chi connectivity index (χ3n) is 5.61. The summed E-state index contributed by atoms with van der Waals surface area (Å²) in [6.45, 7) is 2.75. The van der Waals surface area contributed by atoms with Gasteiger partial charge in [-0.3, -0.25) is 15.0 Å². The molecule has 11 heteroatoms. The van der Waals surface area contributed by atoms with Crippen LogP contribution in [0.25, 0.3) is 11.3 Å². The van der Waals surface area contributed by atoms with Crippen molar-refractivity contribution in [2.75, 3.05) is 24.8 Å². The molecule has 1 heterocycles. The molecule has 36 heavy (non-hydrogen) atoms. The monoisotopic (exact) mass is 491 g/mol. The number of nitrogens with zero attached hydrogens (tertiary/aromatic N) is 2. The van der Waals surface area contributed by atoms with Crippen LogP contribution >= 0.6 is 0 Å². The Bertz CT molecular complexity index is 1380. The van der Waals surface area contributed by atoms with E-state index in [4.69, 9.17) is 22.6 Å². The van der Waals surface area contributed by atoms with Crippen LogP contribution in [-0.4, -0.2) is 46.0 Å². The van der Waals surface area contributed by atoms with Gasteiger partial charge in [0, 0.05) is 48.7 Å². The van der Waals surface area contributed by atoms with Gasteiger partial charge in [0.1, 0.15) is 11.5 Å². The molecular weight excluding hydrogens is 462 g/mol. The highest BCUT2D eigenvalue weighted by Gasteiger charge is 2.21. The van der Waals surface area contributed by atoms with Crippen LogP contribution in [-0.2, 0) is 17.8 Å². The Kier molecular flexibility index (Phi) is 7.75. The number of hydrogen-bond acceptors (Lipinski definition) is 7. The van der Waals surface area contributed by atoms with E-state index in [1.54, 1.807) is 53.2 Å². The van der Waals surface area contributed by atoms with Gasteiger partial charge in [0.05, 0.1) is 17.7 Å². The van der Waals surface area contributed by atoms with Crippen molar-refractivity contribution in [3.8, 4) is 11.3 Å². The van der Waals surface area contributed by atoms with Gasteiger partial charge in [-0.2, -0.15) is 0 Å². The number of carboxylic acid groups (broad SMARTS) is 1. The smallest absolute Gasteiger partial charge is 0.335 e. The molecule has 3 aromatic rings. The highest BCUT2D eigenvalue weighted by molar-refractivity contribution is 5.95. The Labute approximate surface area is 207 Å². The van der Waals surface area contributed by atoms with E-state index in [0.717, 1.165) is 5.56 Å². The molecule has 1 aromatic heterocycles.